The highest BCUT2D eigenvalue weighted by Gasteiger charge is 2.49. The summed E-state index contributed by atoms with van der Waals surface area (Å²) in [7, 11) is 0. The average Bonchev–Trinajstić information content (AvgIpc) is 3.05. The van der Waals surface area contributed by atoms with Crippen molar-refractivity contribution in [1.29, 1.82) is 0 Å². The molecule has 4 fully saturated rings. The topological polar surface area (TPSA) is 44.5 Å². The molecule has 0 amide bonds. The lowest BCUT2D eigenvalue weighted by molar-refractivity contribution is -0.150. The minimum absolute atomic E-state index is 0.111. The molecule has 0 radical (unpaired) electrons. The van der Waals surface area contributed by atoms with Crippen LogP contribution in [0.5, 0.6) is 0 Å². The molecule has 2 saturated carbocycles. The van der Waals surface area contributed by atoms with Crippen molar-refractivity contribution < 1.29 is 9.47 Å². The molecule has 2 N–H and O–H groups in total. The SMILES string of the molecule is NC(C1CC2CC2C1)C1CCOC2(CCOCC2)C1. The Morgan fingerprint density at radius 3 is 2.42 bits per heavy atom. The molecule has 0 aromatic rings. The van der Waals surface area contributed by atoms with E-state index >= 15 is 0 Å². The van der Waals surface area contributed by atoms with E-state index in [1.807, 2.05) is 0 Å². The third-order valence-electron chi connectivity index (χ3n) is 6.30. The largest absolute Gasteiger partial charge is 0.381 e. The van der Waals surface area contributed by atoms with Crippen LogP contribution in [0.15, 0.2) is 0 Å². The molecule has 4 unspecified atom stereocenters. The van der Waals surface area contributed by atoms with Crippen LogP contribution in [-0.4, -0.2) is 31.5 Å². The van der Waals surface area contributed by atoms with Crippen LogP contribution in [0.25, 0.3) is 0 Å². The summed E-state index contributed by atoms with van der Waals surface area (Å²) in [5.74, 6) is 3.60. The standard InChI is InChI=1S/C16H27NO2/c17-15(14-8-12-7-13(12)9-14)11-1-4-19-16(10-11)2-5-18-6-3-16/h11-15H,1-10,17H2. The molecule has 19 heavy (non-hydrogen) atoms. The van der Waals surface area contributed by atoms with Gasteiger partial charge in [-0.3, -0.25) is 0 Å². The van der Waals surface area contributed by atoms with E-state index in [0.29, 0.717) is 12.0 Å². The monoisotopic (exact) mass is 265 g/mol. The van der Waals surface area contributed by atoms with Gasteiger partial charge in [0.25, 0.3) is 0 Å². The van der Waals surface area contributed by atoms with E-state index in [-0.39, 0.29) is 5.60 Å². The van der Waals surface area contributed by atoms with Gasteiger partial charge < -0.3 is 15.2 Å². The zero-order valence-electron chi connectivity index (χ0n) is 11.9. The van der Waals surface area contributed by atoms with Gasteiger partial charge in [0.15, 0.2) is 0 Å². The Morgan fingerprint density at radius 1 is 0.947 bits per heavy atom. The first-order valence-corrected chi connectivity index (χ1v) is 8.23. The summed E-state index contributed by atoms with van der Waals surface area (Å²) in [5, 5.41) is 0. The van der Waals surface area contributed by atoms with Crippen LogP contribution in [0, 0.1) is 23.7 Å². The lowest BCUT2D eigenvalue weighted by Gasteiger charge is -2.45. The highest BCUT2D eigenvalue weighted by atomic mass is 16.5. The lowest BCUT2D eigenvalue weighted by atomic mass is 9.74. The number of rotatable bonds is 2. The molecule has 1 spiro atoms. The molecular formula is C16H27NO2. The van der Waals surface area contributed by atoms with Crippen LogP contribution in [0.2, 0.25) is 0 Å². The van der Waals surface area contributed by atoms with Crippen LogP contribution < -0.4 is 5.73 Å². The normalized spacial score (nSPS) is 45.9. The minimum Gasteiger partial charge on any atom is -0.381 e. The summed E-state index contributed by atoms with van der Waals surface area (Å²) in [4.78, 5) is 0. The van der Waals surface area contributed by atoms with E-state index in [2.05, 4.69) is 0 Å². The van der Waals surface area contributed by atoms with Gasteiger partial charge in [0.2, 0.25) is 0 Å². The predicted octanol–water partition coefficient (Wildman–Crippen LogP) is 2.34. The van der Waals surface area contributed by atoms with Gasteiger partial charge >= 0.3 is 0 Å². The van der Waals surface area contributed by atoms with Crippen LogP contribution in [0.3, 0.4) is 0 Å². The molecule has 3 nitrogen and oxygen atoms in total. The van der Waals surface area contributed by atoms with Crippen molar-refractivity contribution in [2.75, 3.05) is 19.8 Å². The number of hydrogen-bond donors (Lipinski definition) is 1. The fourth-order valence-corrected chi connectivity index (χ4v) is 4.95. The minimum atomic E-state index is 0.111. The third kappa shape index (κ3) is 2.34. The van der Waals surface area contributed by atoms with E-state index in [1.165, 1.54) is 32.1 Å². The quantitative estimate of drug-likeness (QED) is 0.833. The third-order valence-corrected chi connectivity index (χ3v) is 6.30. The van der Waals surface area contributed by atoms with Crippen molar-refractivity contribution in [3.63, 3.8) is 0 Å². The summed E-state index contributed by atoms with van der Waals surface area (Å²) in [6, 6.07) is 0.427. The van der Waals surface area contributed by atoms with Gasteiger partial charge in [-0.15, -0.1) is 0 Å². The van der Waals surface area contributed by atoms with Gasteiger partial charge in [-0.05, 0) is 68.6 Å². The van der Waals surface area contributed by atoms with Gasteiger partial charge in [-0.2, -0.15) is 0 Å². The molecule has 4 aliphatic rings. The average molecular weight is 265 g/mol. The second kappa shape index (κ2) is 4.71. The summed E-state index contributed by atoms with van der Waals surface area (Å²) in [6.45, 7) is 2.66. The van der Waals surface area contributed by atoms with Crippen molar-refractivity contribution in [1.82, 2.24) is 0 Å². The van der Waals surface area contributed by atoms with Crippen LogP contribution in [-0.2, 0) is 9.47 Å². The first-order chi connectivity index (χ1) is 9.26. The number of ether oxygens (including phenoxy) is 2. The molecule has 2 heterocycles. The van der Waals surface area contributed by atoms with E-state index in [0.717, 1.165) is 50.4 Å². The Hall–Kier alpha value is -0.120. The first kappa shape index (κ1) is 12.6. The molecular weight excluding hydrogens is 238 g/mol. The molecule has 108 valence electrons. The number of nitrogens with two attached hydrogens (primary N) is 1. The van der Waals surface area contributed by atoms with Crippen LogP contribution >= 0.6 is 0 Å². The molecule has 2 aliphatic carbocycles. The molecule has 3 heteroatoms. The van der Waals surface area contributed by atoms with E-state index in [1.54, 1.807) is 0 Å². The van der Waals surface area contributed by atoms with Crippen molar-refractivity contribution in [3.05, 3.63) is 0 Å². The molecule has 2 saturated heterocycles. The molecule has 4 rings (SSSR count). The Bertz CT molecular complexity index is 324. The predicted molar refractivity (Wildman–Crippen MR) is 73.8 cm³/mol. The summed E-state index contributed by atoms with van der Waals surface area (Å²) in [5.41, 5.74) is 6.75. The van der Waals surface area contributed by atoms with E-state index in [4.69, 9.17) is 15.2 Å². The lowest BCUT2D eigenvalue weighted by Crippen LogP contribution is -2.49. The maximum Gasteiger partial charge on any atom is 0.0729 e. The summed E-state index contributed by atoms with van der Waals surface area (Å²) in [6.07, 6.45) is 8.84. The first-order valence-electron chi connectivity index (χ1n) is 8.23. The van der Waals surface area contributed by atoms with Crippen molar-refractivity contribution in [2.45, 2.75) is 56.6 Å². The van der Waals surface area contributed by atoms with Crippen molar-refractivity contribution in [3.8, 4) is 0 Å². The molecule has 0 bridgehead atoms. The van der Waals surface area contributed by atoms with Crippen molar-refractivity contribution in [2.24, 2.45) is 29.4 Å². The van der Waals surface area contributed by atoms with Gasteiger partial charge in [0, 0.05) is 25.9 Å². The molecule has 2 aliphatic heterocycles. The molecule has 0 aromatic carbocycles. The maximum absolute atomic E-state index is 6.64. The zero-order chi connectivity index (χ0) is 12.9. The fourth-order valence-electron chi connectivity index (χ4n) is 4.95. The zero-order valence-corrected chi connectivity index (χ0v) is 11.9. The highest BCUT2D eigenvalue weighted by Crippen LogP contribution is 2.56. The smallest absolute Gasteiger partial charge is 0.0729 e. The fraction of sp³-hybridized carbons (Fsp3) is 1.00. The van der Waals surface area contributed by atoms with E-state index in [9.17, 15) is 0 Å². The Labute approximate surface area is 116 Å². The Kier molecular flexibility index (Phi) is 3.13. The van der Waals surface area contributed by atoms with Gasteiger partial charge in [0.1, 0.15) is 0 Å². The maximum atomic E-state index is 6.64. The van der Waals surface area contributed by atoms with Crippen LogP contribution in [0.1, 0.15) is 44.9 Å². The van der Waals surface area contributed by atoms with Gasteiger partial charge in [-0.25, -0.2) is 0 Å². The van der Waals surface area contributed by atoms with Gasteiger partial charge in [-0.1, -0.05) is 0 Å². The van der Waals surface area contributed by atoms with Gasteiger partial charge in [0.05, 0.1) is 5.60 Å². The Morgan fingerprint density at radius 2 is 1.68 bits per heavy atom. The van der Waals surface area contributed by atoms with Crippen molar-refractivity contribution >= 4 is 0 Å². The second-order valence-corrected chi connectivity index (χ2v) is 7.46. The van der Waals surface area contributed by atoms with Crippen LogP contribution in [0.4, 0.5) is 0 Å². The highest BCUT2D eigenvalue weighted by molar-refractivity contribution is 5.01. The second-order valence-electron chi connectivity index (χ2n) is 7.46. The summed E-state index contributed by atoms with van der Waals surface area (Å²) < 4.78 is 11.6. The Balaban J connectivity index is 1.40. The molecule has 4 atom stereocenters. The number of fused-ring (bicyclic) bond motifs is 1. The number of hydrogen-bond acceptors (Lipinski definition) is 3. The van der Waals surface area contributed by atoms with E-state index < -0.39 is 0 Å². The summed E-state index contributed by atoms with van der Waals surface area (Å²) >= 11 is 0. The molecule has 0 aromatic heterocycles.